The van der Waals surface area contributed by atoms with Gasteiger partial charge in [0.25, 0.3) is 0 Å². The molecular weight excluding hydrogens is 120 g/mol. The molecule has 0 aliphatic carbocycles. The Morgan fingerprint density at radius 1 is 1.56 bits per heavy atom. The van der Waals surface area contributed by atoms with Crippen molar-refractivity contribution in [3.63, 3.8) is 0 Å². The van der Waals surface area contributed by atoms with Crippen LogP contribution in [0.25, 0.3) is 0 Å². The first-order valence-corrected chi connectivity index (χ1v) is 3.16. The summed E-state index contributed by atoms with van der Waals surface area (Å²) in [4.78, 5) is 10.8. The summed E-state index contributed by atoms with van der Waals surface area (Å²) >= 11 is 0. The van der Waals surface area contributed by atoms with E-state index in [1.807, 2.05) is 0 Å². The molecule has 0 saturated carbocycles. The average molecular weight is 128 g/mol. The van der Waals surface area contributed by atoms with Crippen LogP contribution in [0.2, 0.25) is 0 Å². The molecule has 2 saturated heterocycles. The van der Waals surface area contributed by atoms with Crippen molar-refractivity contribution in [3.05, 3.63) is 0 Å². The first kappa shape index (κ1) is 5.23. The maximum atomic E-state index is 10.8. The second-order valence-electron chi connectivity index (χ2n) is 2.43. The summed E-state index contributed by atoms with van der Waals surface area (Å²) in [7, 11) is 0. The molecule has 0 spiro atoms. The summed E-state index contributed by atoms with van der Waals surface area (Å²) in [6.45, 7) is 1.20. The van der Waals surface area contributed by atoms with Crippen molar-refractivity contribution < 1.29 is 14.3 Å². The van der Waals surface area contributed by atoms with Crippen LogP contribution in [-0.2, 0) is 14.3 Å². The minimum absolute atomic E-state index is 0.0602. The second-order valence-corrected chi connectivity index (χ2v) is 2.43. The number of fused-ring (bicyclic) bond motifs is 1. The lowest BCUT2D eigenvalue weighted by Gasteiger charge is -1.98. The fourth-order valence-electron chi connectivity index (χ4n) is 1.35. The largest absolute Gasteiger partial charge is 0.463 e. The molecule has 0 aromatic heterocycles. The van der Waals surface area contributed by atoms with Gasteiger partial charge in [-0.1, -0.05) is 0 Å². The first-order valence-electron chi connectivity index (χ1n) is 3.16. The number of esters is 1. The lowest BCUT2D eigenvalue weighted by molar-refractivity contribution is -0.141. The van der Waals surface area contributed by atoms with Crippen molar-refractivity contribution in [1.82, 2.24) is 0 Å². The van der Waals surface area contributed by atoms with E-state index < -0.39 is 0 Å². The van der Waals surface area contributed by atoms with Crippen LogP contribution in [0.3, 0.4) is 0 Å². The lowest BCUT2D eigenvalue weighted by Crippen LogP contribution is -2.14. The van der Waals surface area contributed by atoms with E-state index in [2.05, 4.69) is 0 Å². The van der Waals surface area contributed by atoms with Gasteiger partial charge >= 0.3 is 5.97 Å². The molecule has 0 N–H and O–H groups in total. The second kappa shape index (κ2) is 1.70. The zero-order chi connectivity index (χ0) is 6.27. The molecule has 0 amide bonds. The highest BCUT2D eigenvalue weighted by molar-refractivity contribution is 5.75. The van der Waals surface area contributed by atoms with Gasteiger partial charge in [-0.3, -0.25) is 4.79 Å². The predicted octanol–water partition coefficient (Wildman–Crippen LogP) is -0.0517. The molecule has 2 fully saturated rings. The Morgan fingerprint density at radius 2 is 2.44 bits per heavy atom. The monoisotopic (exact) mass is 128 g/mol. The van der Waals surface area contributed by atoms with Gasteiger partial charge in [0.05, 0.1) is 5.92 Å². The molecule has 2 aliphatic rings. The minimum atomic E-state index is -0.0718. The highest BCUT2D eigenvalue weighted by Gasteiger charge is 2.41. The molecule has 0 bridgehead atoms. The minimum Gasteiger partial charge on any atom is -0.463 e. The van der Waals surface area contributed by atoms with Crippen molar-refractivity contribution >= 4 is 5.97 Å². The van der Waals surface area contributed by atoms with Crippen LogP contribution >= 0.6 is 0 Å². The molecular formula is C6H8O3. The molecule has 9 heavy (non-hydrogen) atoms. The molecule has 2 heterocycles. The third-order valence-corrected chi connectivity index (χ3v) is 1.90. The van der Waals surface area contributed by atoms with Crippen LogP contribution in [0.5, 0.6) is 0 Å². The van der Waals surface area contributed by atoms with Crippen molar-refractivity contribution in [2.75, 3.05) is 13.2 Å². The van der Waals surface area contributed by atoms with Gasteiger partial charge < -0.3 is 9.47 Å². The summed E-state index contributed by atoms with van der Waals surface area (Å²) in [5, 5.41) is 0. The smallest absolute Gasteiger partial charge is 0.311 e. The lowest BCUT2D eigenvalue weighted by atomic mass is 10.1. The average Bonchev–Trinajstić information content (AvgIpc) is 2.35. The Bertz CT molecular complexity index is 143. The van der Waals surface area contributed by atoms with Gasteiger partial charge in [-0.15, -0.1) is 0 Å². The number of rotatable bonds is 0. The summed E-state index contributed by atoms with van der Waals surface area (Å²) in [5.74, 6) is -0.0116. The number of hydrogen-bond acceptors (Lipinski definition) is 3. The van der Waals surface area contributed by atoms with Crippen LogP contribution < -0.4 is 0 Å². The van der Waals surface area contributed by atoms with E-state index in [1.165, 1.54) is 0 Å². The van der Waals surface area contributed by atoms with E-state index in [0.717, 1.165) is 13.0 Å². The Labute approximate surface area is 52.9 Å². The summed E-state index contributed by atoms with van der Waals surface area (Å²) in [6, 6.07) is 0. The first-order chi connectivity index (χ1) is 4.38. The van der Waals surface area contributed by atoms with E-state index in [0.29, 0.717) is 6.61 Å². The third kappa shape index (κ3) is 0.645. The maximum absolute atomic E-state index is 10.8. The predicted molar refractivity (Wildman–Crippen MR) is 28.8 cm³/mol. The highest BCUT2D eigenvalue weighted by Crippen LogP contribution is 2.27. The highest BCUT2D eigenvalue weighted by atomic mass is 16.6. The SMILES string of the molecule is O=C1OC[C@@H]2OCC[C@@H]12. The van der Waals surface area contributed by atoms with Gasteiger partial charge in [-0.2, -0.15) is 0 Å². The number of cyclic esters (lactones) is 1. The normalized spacial score (nSPS) is 40.7. The molecule has 2 rings (SSSR count). The quantitative estimate of drug-likeness (QED) is 0.429. The molecule has 50 valence electrons. The van der Waals surface area contributed by atoms with Gasteiger partial charge in [0.2, 0.25) is 0 Å². The number of hydrogen-bond donors (Lipinski definition) is 0. The van der Waals surface area contributed by atoms with Crippen molar-refractivity contribution in [2.24, 2.45) is 5.92 Å². The van der Waals surface area contributed by atoms with Crippen LogP contribution in [0.4, 0.5) is 0 Å². The maximum Gasteiger partial charge on any atom is 0.311 e. The number of carbonyl (C=O) groups is 1. The fraction of sp³-hybridized carbons (Fsp3) is 0.833. The van der Waals surface area contributed by atoms with Gasteiger partial charge in [0.15, 0.2) is 0 Å². The summed E-state index contributed by atoms with van der Waals surface area (Å²) in [6.07, 6.45) is 0.932. The number of ether oxygens (including phenoxy) is 2. The van der Waals surface area contributed by atoms with Gasteiger partial charge in [0, 0.05) is 6.61 Å². The van der Waals surface area contributed by atoms with E-state index in [1.54, 1.807) is 0 Å². The Balaban J connectivity index is 2.15. The zero-order valence-corrected chi connectivity index (χ0v) is 5.00. The Hall–Kier alpha value is -0.570. The molecule has 0 aromatic rings. The van der Waals surface area contributed by atoms with Crippen LogP contribution in [0.1, 0.15) is 6.42 Å². The van der Waals surface area contributed by atoms with Crippen LogP contribution in [-0.4, -0.2) is 25.3 Å². The summed E-state index contributed by atoms with van der Waals surface area (Å²) < 4.78 is 9.96. The third-order valence-electron chi connectivity index (χ3n) is 1.90. The number of carbonyl (C=O) groups excluding carboxylic acids is 1. The Kier molecular flexibility index (Phi) is 0.990. The Morgan fingerprint density at radius 3 is 3.22 bits per heavy atom. The van der Waals surface area contributed by atoms with Gasteiger partial charge in [0.1, 0.15) is 12.7 Å². The van der Waals surface area contributed by atoms with E-state index in [-0.39, 0.29) is 18.0 Å². The molecule has 0 unspecified atom stereocenters. The zero-order valence-electron chi connectivity index (χ0n) is 5.00. The molecule has 0 radical (unpaired) electrons. The van der Waals surface area contributed by atoms with Crippen molar-refractivity contribution in [2.45, 2.75) is 12.5 Å². The van der Waals surface area contributed by atoms with Gasteiger partial charge in [-0.25, -0.2) is 0 Å². The van der Waals surface area contributed by atoms with Crippen LogP contribution in [0.15, 0.2) is 0 Å². The molecule has 0 aromatic carbocycles. The topological polar surface area (TPSA) is 35.5 Å². The fourth-order valence-corrected chi connectivity index (χ4v) is 1.35. The molecule has 3 heteroatoms. The van der Waals surface area contributed by atoms with Gasteiger partial charge in [-0.05, 0) is 6.42 Å². The molecule has 2 aliphatic heterocycles. The van der Waals surface area contributed by atoms with E-state index >= 15 is 0 Å². The molecule has 2 atom stereocenters. The van der Waals surface area contributed by atoms with Crippen molar-refractivity contribution in [3.8, 4) is 0 Å². The standard InChI is InChI=1S/C6H8O3/c7-6-4-1-2-8-5(4)3-9-6/h4-5H,1-3H2/t4-,5+/m1/s1. The van der Waals surface area contributed by atoms with E-state index in [4.69, 9.17) is 9.47 Å². The summed E-state index contributed by atoms with van der Waals surface area (Å²) in [5.41, 5.74) is 0. The van der Waals surface area contributed by atoms with Crippen LogP contribution in [0, 0.1) is 5.92 Å². The van der Waals surface area contributed by atoms with Crippen molar-refractivity contribution in [1.29, 1.82) is 0 Å². The molecule has 3 nitrogen and oxygen atoms in total. The van der Waals surface area contributed by atoms with E-state index in [9.17, 15) is 4.79 Å².